The molecule has 3 heteroatoms. The number of furan rings is 2. The van der Waals surface area contributed by atoms with Crippen molar-refractivity contribution < 1.29 is 8.83 Å². The number of nitrogens with zero attached hydrogens (tertiary/aromatic N) is 1. The van der Waals surface area contributed by atoms with E-state index in [0.717, 1.165) is 116 Å². The molecule has 0 saturated heterocycles. The molecule has 18 aromatic rings. The zero-order valence-corrected chi connectivity index (χ0v) is 48.4. The largest absolute Gasteiger partial charge is 0.455 e. The zero-order chi connectivity index (χ0) is 58.5. The molecule has 0 saturated carbocycles. The normalized spacial score (nSPS) is 11.8. The van der Waals surface area contributed by atoms with Crippen LogP contribution in [-0.2, 0) is 0 Å². The van der Waals surface area contributed by atoms with Crippen molar-refractivity contribution in [3.8, 4) is 94.7 Å². The summed E-state index contributed by atoms with van der Waals surface area (Å²) in [7, 11) is 0. The third kappa shape index (κ3) is 8.06. The van der Waals surface area contributed by atoms with Gasteiger partial charge in [-0.3, -0.25) is 0 Å². The second-order valence-corrected chi connectivity index (χ2v) is 23.3. The number of benzene rings is 15. The van der Waals surface area contributed by atoms with Crippen molar-refractivity contribution in [1.29, 1.82) is 0 Å². The molecule has 3 aromatic heterocycles. The second-order valence-electron chi connectivity index (χ2n) is 23.3. The van der Waals surface area contributed by atoms with Gasteiger partial charge in [-0.05, 0) is 125 Å². The fraction of sp³-hybridized carbons (Fsp3) is 0. The molecule has 0 N–H and O–H groups in total. The van der Waals surface area contributed by atoms with Crippen LogP contribution >= 0.6 is 0 Å². The summed E-state index contributed by atoms with van der Waals surface area (Å²) in [6, 6.07) is 117. The molecule has 18 rings (SSSR count). The zero-order valence-electron chi connectivity index (χ0n) is 48.4. The topological polar surface area (TPSA) is 31.2 Å². The summed E-state index contributed by atoms with van der Waals surface area (Å²) in [5.41, 5.74) is 25.0. The first-order valence-corrected chi connectivity index (χ1v) is 30.6. The summed E-state index contributed by atoms with van der Waals surface area (Å²) in [4.78, 5) is 0. The monoisotopic (exact) mass is 1130 g/mol. The molecule has 3 nitrogen and oxygen atoms in total. The molecule has 3 heterocycles. The Kier molecular flexibility index (Phi) is 11.6. The molecule has 0 aliphatic heterocycles. The van der Waals surface area contributed by atoms with Crippen LogP contribution in [0.15, 0.2) is 330 Å². The highest BCUT2D eigenvalue weighted by atomic mass is 16.3. The van der Waals surface area contributed by atoms with E-state index >= 15 is 0 Å². The summed E-state index contributed by atoms with van der Waals surface area (Å²) in [5, 5.41) is 11.6. The minimum atomic E-state index is 0.866. The highest BCUT2D eigenvalue weighted by molar-refractivity contribution is 6.22. The lowest BCUT2D eigenvalue weighted by molar-refractivity contribution is 0.670. The summed E-state index contributed by atoms with van der Waals surface area (Å²) in [6.07, 6.45) is 0. The summed E-state index contributed by atoms with van der Waals surface area (Å²) < 4.78 is 16.9. The highest BCUT2D eigenvalue weighted by Gasteiger charge is 2.23. The van der Waals surface area contributed by atoms with Gasteiger partial charge in [-0.2, -0.15) is 0 Å². The standard InChI is InChI=1S/C86H53NO2/c1-4-22-54(23-5-1)61-28-10-12-30-65(61)71-38-20-42-75-73-40-18-36-63(83(73)88-85(71)75)58-46-50-79-77(52-58)78-53-59(64-37-19-41-74-76-43-21-39-72(86(76)89-84(64)74)66-31-13-11-29-62(66)55-24-6-2-7-25-55)47-51-80(78)87(79)60-48-44-57(45-49-60)82-69-34-16-14-32-67(69)81(56-26-8-3-9-27-56)68-33-15-17-35-70(68)82/h1-53H. The number of fused-ring (bicyclic) bond motifs is 11. The molecule has 89 heavy (non-hydrogen) atoms. The lowest BCUT2D eigenvalue weighted by atomic mass is 9.86. The molecule has 15 aromatic carbocycles. The quantitative estimate of drug-likeness (QED) is 0.135. The van der Waals surface area contributed by atoms with Crippen molar-refractivity contribution >= 4 is 87.2 Å². The van der Waals surface area contributed by atoms with Crippen LogP contribution in [0.4, 0.5) is 0 Å². The predicted molar refractivity (Wildman–Crippen MR) is 374 cm³/mol. The number of hydrogen-bond donors (Lipinski definition) is 0. The third-order valence-electron chi connectivity index (χ3n) is 18.4. The molecule has 0 amide bonds. The molecule has 0 spiro atoms. The Balaban J connectivity index is 0.824. The maximum atomic E-state index is 7.21. The van der Waals surface area contributed by atoms with E-state index in [0.29, 0.717) is 0 Å². The first-order chi connectivity index (χ1) is 44.2. The van der Waals surface area contributed by atoms with E-state index in [2.05, 4.69) is 326 Å². The molecule has 0 unspecified atom stereocenters. The van der Waals surface area contributed by atoms with Crippen molar-refractivity contribution in [2.75, 3.05) is 0 Å². The van der Waals surface area contributed by atoms with Crippen LogP contribution in [0.3, 0.4) is 0 Å². The van der Waals surface area contributed by atoms with Crippen molar-refractivity contribution in [3.63, 3.8) is 0 Å². The Morgan fingerprint density at radius 3 is 0.876 bits per heavy atom. The Labute approximate surface area is 513 Å². The smallest absolute Gasteiger partial charge is 0.143 e. The third-order valence-corrected chi connectivity index (χ3v) is 18.4. The van der Waals surface area contributed by atoms with E-state index in [1.165, 1.54) is 66.1 Å². The van der Waals surface area contributed by atoms with Crippen molar-refractivity contribution in [2.45, 2.75) is 0 Å². The van der Waals surface area contributed by atoms with Gasteiger partial charge in [-0.15, -0.1) is 0 Å². The van der Waals surface area contributed by atoms with Crippen LogP contribution < -0.4 is 0 Å². The number of aromatic nitrogens is 1. The maximum absolute atomic E-state index is 7.21. The molecule has 0 bridgehead atoms. The second kappa shape index (κ2) is 20.4. The van der Waals surface area contributed by atoms with Crippen molar-refractivity contribution in [3.05, 3.63) is 322 Å². The van der Waals surface area contributed by atoms with E-state index in [1.807, 2.05) is 0 Å². The average Bonchev–Trinajstić information content (AvgIpc) is 1.81. The van der Waals surface area contributed by atoms with Crippen LogP contribution in [-0.4, -0.2) is 4.57 Å². The van der Waals surface area contributed by atoms with Gasteiger partial charge in [0.15, 0.2) is 0 Å². The van der Waals surface area contributed by atoms with Crippen LogP contribution in [0, 0.1) is 0 Å². The van der Waals surface area contributed by atoms with E-state index < -0.39 is 0 Å². The number of rotatable bonds is 9. The minimum absolute atomic E-state index is 0.866. The van der Waals surface area contributed by atoms with Gasteiger partial charge >= 0.3 is 0 Å². The van der Waals surface area contributed by atoms with Crippen LogP contribution in [0.2, 0.25) is 0 Å². The predicted octanol–water partition coefficient (Wildman–Crippen LogP) is 24.2. The molecular formula is C86H53NO2. The Hall–Kier alpha value is -11.8. The van der Waals surface area contributed by atoms with Gasteiger partial charge in [-0.25, -0.2) is 0 Å². The molecule has 0 atom stereocenters. The molecule has 0 fully saturated rings. The number of para-hydroxylation sites is 4. The summed E-state index contributed by atoms with van der Waals surface area (Å²) in [5.74, 6) is 0. The van der Waals surface area contributed by atoms with Crippen molar-refractivity contribution in [1.82, 2.24) is 4.57 Å². The highest BCUT2D eigenvalue weighted by Crippen LogP contribution is 2.48. The molecule has 414 valence electrons. The van der Waals surface area contributed by atoms with Crippen LogP contribution in [0.5, 0.6) is 0 Å². The minimum Gasteiger partial charge on any atom is -0.455 e. The van der Waals surface area contributed by atoms with Gasteiger partial charge in [0.05, 0.1) is 11.0 Å². The first kappa shape index (κ1) is 50.5. The van der Waals surface area contributed by atoms with Crippen molar-refractivity contribution in [2.24, 2.45) is 0 Å². The summed E-state index contributed by atoms with van der Waals surface area (Å²) in [6.45, 7) is 0. The lowest BCUT2D eigenvalue weighted by Gasteiger charge is -2.18. The Morgan fingerprint density at radius 2 is 0.472 bits per heavy atom. The van der Waals surface area contributed by atoms with E-state index in [-0.39, 0.29) is 0 Å². The van der Waals surface area contributed by atoms with E-state index in [1.54, 1.807) is 0 Å². The molecule has 0 aliphatic carbocycles. The van der Waals surface area contributed by atoms with E-state index in [9.17, 15) is 0 Å². The lowest BCUT2D eigenvalue weighted by Crippen LogP contribution is -1.95. The maximum Gasteiger partial charge on any atom is 0.143 e. The van der Waals surface area contributed by atoms with Crippen LogP contribution in [0.1, 0.15) is 0 Å². The van der Waals surface area contributed by atoms with Gasteiger partial charge in [-0.1, -0.05) is 285 Å². The van der Waals surface area contributed by atoms with Gasteiger partial charge in [0.25, 0.3) is 0 Å². The molecule has 0 aliphatic rings. The van der Waals surface area contributed by atoms with Crippen LogP contribution in [0.25, 0.3) is 182 Å². The number of hydrogen-bond acceptors (Lipinski definition) is 2. The average molecular weight is 1130 g/mol. The molecule has 0 radical (unpaired) electrons. The summed E-state index contributed by atoms with van der Waals surface area (Å²) >= 11 is 0. The van der Waals surface area contributed by atoms with Gasteiger partial charge in [0, 0.05) is 60.3 Å². The van der Waals surface area contributed by atoms with Gasteiger partial charge in [0.1, 0.15) is 22.3 Å². The van der Waals surface area contributed by atoms with Gasteiger partial charge < -0.3 is 13.4 Å². The fourth-order valence-corrected chi connectivity index (χ4v) is 14.5. The Bertz CT molecular complexity index is 5510. The first-order valence-electron chi connectivity index (χ1n) is 30.6. The van der Waals surface area contributed by atoms with E-state index in [4.69, 9.17) is 8.83 Å². The molecular weight excluding hydrogens is 1080 g/mol. The Morgan fingerprint density at radius 1 is 0.180 bits per heavy atom. The van der Waals surface area contributed by atoms with Gasteiger partial charge in [0.2, 0.25) is 0 Å². The SMILES string of the molecule is c1ccc(-c2ccccc2-c2cccc3c2oc2c(-c4ccc5c(c4)c4cc(-c6cccc7c6oc6c(-c8ccccc8-c8ccccc8)cccc67)ccc4n5-c4ccc(-c5c6ccccc6c(-c6ccccc6)c6ccccc56)cc4)cccc23)cc1. The fourth-order valence-electron chi connectivity index (χ4n) is 14.5.